The minimum atomic E-state index is 0.504. The molecule has 1 aromatic heterocycles. The summed E-state index contributed by atoms with van der Waals surface area (Å²) in [5, 5.41) is 0. The Morgan fingerprint density at radius 2 is 1.67 bits per heavy atom. The minimum absolute atomic E-state index is 0.504. The summed E-state index contributed by atoms with van der Waals surface area (Å²) in [6, 6.07) is 0. The van der Waals surface area contributed by atoms with Crippen LogP contribution in [0.15, 0.2) is 0 Å². The van der Waals surface area contributed by atoms with Crippen LogP contribution in [0.5, 0.6) is 0 Å². The van der Waals surface area contributed by atoms with E-state index < -0.39 is 0 Å². The van der Waals surface area contributed by atoms with Gasteiger partial charge in [0.1, 0.15) is 21.5 Å². The first-order chi connectivity index (χ1) is 8.31. The second kappa shape index (κ2) is 6.12. The van der Waals surface area contributed by atoms with E-state index in [4.69, 9.17) is 4.98 Å². The van der Waals surface area contributed by atoms with Crippen molar-refractivity contribution in [3.8, 4) is 0 Å². The van der Waals surface area contributed by atoms with E-state index in [1.54, 1.807) is 0 Å². The van der Waals surface area contributed by atoms with Gasteiger partial charge in [-0.05, 0) is 23.0 Å². The first-order valence-electron chi connectivity index (χ1n) is 7.34. The van der Waals surface area contributed by atoms with Crippen LogP contribution in [-0.4, -0.2) is 49.7 Å². The number of nitrogens with zero attached hydrogens (tertiary/aromatic N) is 1. The molecule has 0 fully saturated rings. The third kappa shape index (κ3) is 2.92. The summed E-state index contributed by atoms with van der Waals surface area (Å²) in [6.45, 7) is 9.58. The molecule has 1 nitrogen and oxygen atoms in total. The number of rotatable bonds is 4. The number of pyridine rings is 1. The molecule has 0 saturated carbocycles. The molecular formula is C11H23B6N. The summed E-state index contributed by atoms with van der Waals surface area (Å²) in [5.41, 5.74) is 7.05. The fourth-order valence-corrected chi connectivity index (χ4v) is 2.90. The zero-order valence-corrected chi connectivity index (χ0v) is 13.4. The van der Waals surface area contributed by atoms with Gasteiger partial charge in [0.2, 0.25) is 0 Å². The molecule has 0 aliphatic carbocycles. The second-order valence-electron chi connectivity index (χ2n) is 6.22. The maximum atomic E-state index is 5.02. The van der Waals surface area contributed by atoms with Gasteiger partial charge in [-0.2, -0.15) is 0 Å². The number of hydrogen-bond acceptors (Lipinski definition) is 1. The quantitative estimate of drug-likeness (QED) is 0.486. The molecule has 1 heterocycles. The van der Waals surface area contributed by atoms with E-state index in [1.807, 2.05) is 0 Å². The average molecular weight is 234 g/mol. The van der Waals surface area contributed by atoms with Crippen molar-refractivity contribution in [2.24, 2.45) is 0 Å². The van der Waals surface area contributed by atoms with Crippen LogP contribution in [0.4, 0.5) is 0 Å². The fraction of sp³-hybridized carbons (Fsp3) is 0.545. The van der Waals surface area contributed by atoms with Gasteiger partial charge in [0.15, 0.2) is 0 Å². The Bertz CT molecular complexity index is 430. The van der Waals surface area contributed by atoms with Gasteiger partial charge in [0, 0.05) is 5.69 Å². The highest BCUT2D eigenvalue weighted by molar-refractivity contribution is 7.36. The Kier molecular flexibility index (Phi) is 5.31. The van der Waals surface area contributed by atoms with Crippen LogP contribution in [-0.2, 0) is 0 Å². The maximum Gasteiger partial charge on any atom is 0.139 e. The minimum Gasteiger partial charge on any atom is -0.270 e. The molecule has 0 spiro atoms. The molecule has 90 valence electrons. The molecule has 0 aliphatic rings. The maximum absolute atomic E-state index is 5.02. The van der Waals surface area contributed by atoms with Crippen molar-refractivity contribution >= 4 is 61.2 Å². The Balaban J connectivity index is 3.62. The largest absolute Gasteiger partial charge is 0.270 e. The molecule has 0 aromatic carbocycles. The predicted molar refractivity (Wildman–Crippen MR) is 98.4 cm³/mol. The lowest BCUT2D eigenvalue weighted by atomic mass is 9.16. The van der Waals surface area contributed by atoms with E-state index in [-0.39, 0.29) is 0 Å². The van der Waals surface area contributed by atoms with E-state index in [0.717, 1.165) is 7.17 Å². The SMILES string of the molecule is BBc1c(B(B)B)nc(C(C)C)c(C(C)C)c1B. The molecule has 7 heteroatoms. The normalized spacial score (nSPS) is 11.0. The van der Waals surface area contributed by atoms with Crippen molar-refractivity contribution < 1.29 is 0 Å². The van der Waals surface area contributed by atoms with E-state index in [0.29, 0.717) is 18.3 Å². The van der Waals surface area contributed by atoms with Crippen LogP contribution in [0, 0.1) is 0 Å². The van der Waals surface area contributed by atoms with E-state index in [2.05, 4.69) is 58.8 Å². The van der Waals surface area contributed by atoms with Crippen LogP contribution < -0.4 is 16.5 Å². The fourth-order valence-electron chi connectivity index (χ4n) is 2.90. The van der Waals surface area contributed by atoms with Gasteiger partial charge in [-0.25, -0.2) is 0 Å². The standard InChI is InChI=1S/C11H23B6N/c1-5(2)7-8(12)9(16-13)11(17(14)15)18-10(7)6(3)4/h5-6,16H,12-15H2,1-4H3. The summed E-state index contributed by atoms with van der Waals surface area (Å²) in [4.78, 5) is 5.02. The highest BCUT2D eigenvalue weighted by atomic mass is 14.7. The first kappa shape index (κ1) is 15.6. The zero-order valence-electron chi connectivity index (χ0n) is 13.4. The molecule has 0 saturated heterocycles. The van der Waals surface area contributed by atoms with Crippen molar-refractivity contribution in [2.45, 2.75) is 39.5 Å². The molecule has 0 N–H and O–H groups in total. The molecule has 0 radical (unpaired) electrons. The van der Waals surface area contributed by atoms with Crippen molar-refractivity contribution in [3.63, 3.8) is 0 Å². The van der Waals surface area contributed by atoms with Gasteiger partial charge in [0.05, 0.1) is 23.2 Å². The van der Waals surface area contributed by atoms with Crippen molar-refractivity contribution in [1.29, 1.82) is 0 Å². The van der Waals surface area contributed by atoms with Crippen LogP contribution in [0.25, 0.3) is 0 Å². The third-order valence-electron chi connectivity index (χ3n) is 3.71. The lowest BCUT2D eigenvalue weighted by Crippen LogP contribution is -2.55. The van der Waals surface area contributed by atoms with Crippen LogP contribution >= 0.6 is 0 Å². The Hall–Kier alpha value is -0.460. The van der Waals surface area contributed by atoms with Crippen molar-refractivity contribution in [1.82, 2.24) is 4.98 Å². The molecule has 0 bridgehead atoms. The summed E-state index contributed by atoms with van der Waals surface area (Å²) >= 11 is 0. The van der Waals surface area contributed by atoms with Crippen LogP contribution in [0.2, 0.25) is 0 Å². The van der Waals surface area contributed by atoms with E-state index in [1.165, 1.54) is 27.8 Å². The molecular weight excluding hydrogens is 211 g/mol. The average Bonchev–Trinajstić information content (AvgIpc) is 2.26. The van der Waals surface area contributed by atoms with E-state index in [9.17, 15) is 0 Å². The third-order valence-corrected chi connectivity index (χ3v) is 3.71. The predicted octanol–water partition coefficient (Wildman–Crippen LogP) is -3.84. The Morgan fingerprint density at radius 1 is 1.11 bits per heavy atom. The Morgan fingerprint density at radius 3 is 2.00 bits per heavy atom. The first-order valence-corrected chi connectivity index (χ1v) is 7.34. The van der Waals surface area contributed by atoms with Crippen LogP contribution in [0.1, 0.15) is 50.8 Å². The molecule has 1 aromatic rings. The Labute approximate surface area is 117 Å². The van der Waals surface area contributed by atoms with Crippen LogP contribution in [0.3, 0.4) is 0 Å². The van der Waals surface area contributed by atoms with Crippen molar-refractivity contribution in [2.75, 3.05) is 0 Å². The molecule has 18 heavy (non-hydrogen) atoms. The molecule has 0 aliphatic heterocycles. The van der Waals surface area contributed by atoms with E-state index >= 15 is 0 Å². The molecule has 0 atom stereocenters. The lowest BCUT2D eigenvalue weighted by molar-refractivity contribution is 0.767. The number of aromatic nitrogens is 1. The summed E-state index contributed by atoms with van der Waals surface area (Å²) in [5.74, 6) is 1.06. The lowest BCUT2D eigenvalue weighted by Gasteiger charge is -2.24. The smallest absolute Gasteiger partial charge is 0.139 e. The topological polar surface area (TPSA) is 12.9 Å². The summed E-state index contributed by atoms with van der Waals surface area (Å²) in [6.07, 6.45) is 0. The zero-order chi connectivity index (χ0) is 14.0. The van der Waals surface area contributed by atoms with Gasteiger partial charge in [0.25, 0.3) is 0 Å². The second-order valence-corrected chi connectivity index (χ2v) is 6.22. The van der Waals surface area contributed by atoms with Gasteiger partial charge in [-0.15, -0.1) is 0 Å². The van der Waals surface area contributed by atoms with Gasteiger partial charge in [-0.3, -0.25) is 4.98 Å². The molecule has 1 rings (SSSR count). The molecule has 0 amide bonds. The number of hydrogen-bond donors (Lipinski definition) is 0. The van der Waals surface area contributed by atoms with Gasteiger partial charge in [-0.1, -0.05) is 38.6 Å². The monoisotopic (exact) mass is 235 g/mol. The highest BCUT2D eigenvalue weighted by Crippen LogP contribution is 2.21. The van der Waals surface area contributed by atoms with Crippen molar-refractivity contribution in [3.05, 3.63) is 11.3 Å². The molecule has 0 unspecified atom stereocenters. The highest BCUT2D eigenvalue weighted by Gasteiger charge is 2.21. The summed E-state index contributed by atoms with van der Waals surface area (Å²) in [7, 11) is 10.1. The summed E-state index contributed by atoms with van der Waals surface area (Å²) < 4.78 is 0. The van der Waals surface area contributed by atoms with Gasteiger partial charge >= 0.3 is 0 Å². The van der Waals surface area contributed by atoms with Gasteiger partial charge < -0.3 is 0 Å².